The first-order valence-corrected chi connectivity index (χ1v) is 7.13. The standard InChI is InChI=1S/C19H16N2O/c22-15-21-14-20-13-18-11-16-9-7-5-3-1-2-4-6-8-10-17(16)12-19(18)21/h1-13,15H,14H2/b2-1-,3-1?,4-2?,5-3-,6-4-,7-5?,8-6?,9-7-,10-8-,16-9?,17-10?. The summed E-state index contributed by atoms with van der Waals surface area (Å²) in [7, 11) is 0. The molecule has 0 unspecified atom stereocenters. The Kier molecular flexibility index (Phi) is 4.25. The number of rotatable bonds is 1. The minimum atomic E-state index is 0.377. The van der Waals surface area contributed by atoms with Crippen molar-refractivity contribution in [1.29, 1.82) is 0 Å². The molecule has 1 heterocycles. The summed E-state index contributed by atoms with van der Waals surface area (Å²) in [5.74, 6) is 0. The summed E-state index contributed by atoms with van der Waals surface area (Å²) in [5.41, 5.74) is 4.02. The summed E-state index contributed by atoms with van der Waals surface area (Å²) in [6, 6.07) is 4.09. The van der Waals surface area contributed by atoms with Crippen molar-refractivity contribution in [3.05, 3.63) is 77.4 Å². The van der Waals surface area contributed by atoms with Gasteiger partial charge in [-0.1, -0.05) is 60.8 Å². The van der Waals surface area contributed by atoms with Crippen LogP contribution in [-0.4, -0.2) is 19.3 Å². The molecule has 0 bridgehead atoms. The third-order valence-electron chi connectivity index (χ3n) is 3.46. The summed E-state index contributed by atoms with van der Waals surface area (Å²) < 4.78 is 0. The van der Waals surface area contributed by atoms with Crippen LogP contribution in [0.15, 0.2) is 65.7 Å². The van der Waals surface area contributed by atoms with E-state index in [1.165, 1.54) is 0 Å². The highest BCUT2D eigenvalue weighted by Crippen LogP contribution is 2.27. The number of nitrogens with zero attached hydrogens (tertiary/aromatic N) is 2. The molecule has 1 amide bonds. The van der Waals surface area contributed by atoms with E-state index in [0.717, 1.165) is 28.8 Å². The number of amides is 1. The third kappa shape index (κ3) is 3.04. The Balaban J connectivity index is 2.11. The van der Waals surface area contributed by atoms with E-state index in [1.807, 2.05) is 67.0 Å². The molecule has 0 N–H and O–H groups in total. The van der Waals surface area contributed by atoms with Crippen molar-refractivity contribution in [2.75, 3.05) is 11.6 Å². The molecule has 0 atom stereocenters. The molecule has 108 valence electrons. The molecule has 3 heteroatoms. The molecule has 0 saturated carbocycles. The maximum Gasteiger partial charge on any atom is 0.215 e. The van der Waals surface area contributed by atoms with Crippen LogP contribution in [0.5, 0.6) is 0 Å². The molecule has 3 rings (SSSR count). The maximum atomic E-state index is 11.2. The minimum Gasteiger partial charge on any atom is -0.294 e. The van der Waals surface area contributed by atoms with Crippen molar-refractivity contribution in [3.63, 3.8) is 0 Å². The Morgan fingerprint density at radius 2 is 1.41 bits per heavy atom. The Morgan fingerprint density at radius 3 is 2.05 bits per heavy atom. The van der Waals surface area contributed by atoms with Crippen LogP contribution >= 0.6 is 0 Å². The van der Waals surface area contributed by atoms with Crippen molar-refractivity contribution in [2.45, 2.75) is 0 Å². The average molecular weight is 288 g/mol. The number of carbonyl (C=O) groups is 1. The molecule has 0 saturated heterocycles. The molecule has 0 radical (unpaired) electrons. The molecule has 2 aliphatic rings. The van der Waals surface area contributed by atoms with Crippen molar-refractivity contribution in [2.24, 2.45) is 4.99 Å². The average Bonchev–Trinajstić information content (AvgIpc) is 2.54. The van der Waals surface area contributed by atoms with Crippen LogP contribution < -0.4 is 4.90 Å². The SMILES string of the molecule is O=CN1CN=Cc2cc3c(cc21)\C=C/C=C\C=C/C=C\C=C/3. The number of fused-ring (bicyclic) bond motifs is 2. The monoisotopic (exact) mass is 288 g/mol. The topological polar surface area (TPSA) is 32.7 Å². The van der Waals surface area contributed by atoms with Crippen LogP contribution in [0.2, 0.25) is 0 Å². The van der Waals surface area contributed by atoms with E-state index in [-0.39, 0.29) is 0 Å². The number of allylic oxidation sites excluding steroid dienone is 8. The first-order valence-electron chi connectivity index (χ1n) is 7.13. The highest BCUT2D eigenvalue weighted by Gasteiger charge is 2.15. The third-order valence-corrected chi connectivity index (χ3v) is 3.46. The highest BCUT2D eigenvalue weighted by molar-refractivity contribution is 5.96. The van der Waals surface area contributed by atoms with E-state index in [0.29, 0.717) is 6.67 Å². The van der Waals surface area contributed by atoms with Crippen molar-refractivity contribution in [3.8, 4) is 0 Å². The van der Waals surface area contributed by atoms with Crippen LogP contribution in [0.4, 0.5) is 5.69 Å². The molecule has 1 aliphatic carbocycles. The first-order chi connectivity index (χ1) is 10.9. The van der Waals surface area contributed by atoms with Crippen LogP contribution in [-0.2, 0) is 4.79 Å². The predicted molar refractivity (Wildman–Crippen MR) is 92.9 cm³/mol. The summed E-state index contributed by atoms with van der Waals surface area (Å²) in [4.78, 5) is 17.0. The van der Waals surface area contributed by atoms with Gasteiger partial charge in [0.05, 0.1) is 5.69 Å². The lowest BCUT2D eigenvalue weighted by Gasteiger charge is -2.22. The van der Waals surface area contributed by atoms with E-state index < -0.39 is 0 Å². The maximum absolute atomic E-state index is 11.2. The first kappa shape index (κ1) is 14.0. The van der Waals surface area contributed by atoms with Gasteiger partial charge in [-0.05, 0) is 23.3 Å². The number of benzene rings is 1. The smallest absolute Gasteiger partial charge is 0.215 e. The fraction of sp³-hybridized carbons (Fsp3) is 0.0526. The quantitative estimate of drug-likeness (QED) is 0.724. The number of aliphatic imine (C=N–C) groups is 1. The van der Waals surface area contributed by atoms with Gasteiger partial charge in [-0.15, -0.1) is 0 Å². The number of hydrogen-bond donors (Lipinski definition) is 0. The van der Waals surface area contributed by atoms with Gasteiger partial charge in [-0.25, -0.2) is 0 Å². The summed E-state index contributed by atoms with van der Waals surface area (Å²) in [6.45, 7) is 0.377. The molecule has 3 nitrogen and oxygen atoms in total. The van der Waals surface area contributed by atoms with Gasteiger partial charge in [0.15, 0.2) is 0 Å². The van der Waals surface area contributed by atoms with Crippen LogP contribution in [0.1, 0.15) is 16.7 Å². The Morgan fingerprint density at radius 1 is 0.818 bits per heavy atom. The number of carbonyl (C=O) groups excluding carboxylic acids is 1. The molecular formula is C19H16N2O. The predicted octanol–water partition coefficient (Wildman–Crippen LogP) is 3.75. The fourth-order valence-corrected chi connectivity index (χ4v) is 2.38. The number of anilines is 1. The molecule has 0 fully saturated rings. The van der Waals surface area contributed by atoms with E-state index in [4.69, 9.17) is 0 Å². The van der Waals surface area contributed by atoms with Gasteiger partial charge in [0.1, 0.15) is 6.67 Å². The lowest BCUT2D eigenvalue weighted by Crippen LogP contribution is -2.25. The zero-order valence-corrected chi connectivity index (χ0v) is 12.1. The summed E-state index contributed by atoms with van der Waals surface area (Å²) in [6.07, 6.45) is 22.7. The molecule has 0 aromatic heterocycles. The second kappa shape index (κ2) is 6.68. The number of hydrogen-bond acceptors (Lipinski definition) is 2. The molecule has 0 spiro atoms. The van der Waals surface area contributed by atoms with E-state index in [1.54, 1.807) is 4.90 Å². The Bertz CT molecular complexity index is 749. The largest absolute Gasteiger partial charge is 0.294 e. The van der Waals surface area contributed by atoms with E-state index in [2.05, 4.69) is 17.1 Å². The van der Waals surface area contributed by atoms with E-state index in [9.17, 15) is 4.79 Å². The zero-order chi connectivity index (χ0) is 15.2. The lowest BCUT2D eigenvalue weighted by atomic mass is 10.00. The highest BCUT2D eigenvalue weighted by atomic mass is 16.1. The van der Waals surface area contributed by atoms with Gasteiger partial charge in [0.2, 0.25) is 6.41 Å². The normalized spacial score (nSPS) is 23.2. The van der Waals surface area contributed by atoms with Crippen molar-refractivity contribution in [1.82, 2.24) is 0 Å². The lowest BCUT2D eigenvalue weighted by molar-refractivity contribution is -0.107. The second-order valence-corrected chi connectivity index (χ2v) is 4.94. The van der Waals surface area contributed by atoms with Gasteiger partial charge in [0.25, 0.3) is 0 Å². The molecular weight excluding hydrogens is 272 g/mol. The van der Waals surface area contributed by atoms with Crippen LogP contribution in [0, 0.1) is 0 Å². The Hall–Kier alpha value is -2.94. The molecule has 22 heavy (non-hydrogen) atoms. The van der Waals surface area contributed by atoms with Crippen molar-refractivity contribution < 1.29 is 4.79 Å². The fourth-order valence-electron chi connectivity index (χ4n) is 2.38. The van der Waals surface area contributed by atoms with E-state index >= 15 is 0 Å². The van der Waals surface area contributed by atoms with Gasteiger partial charge in [-0.3, -0.25) is 14.7 Å². The minimum absolute atomic E-state index is 0.377. The molecule has 1 aromatic carbocycles. The molecule has 1 aliphatic heterocycles. The van der Waals surface area contributed by atoms with Crippen LogP contribution in [0.3, 0.4) is 0 Å². The van der Waals surface area contributed by atoms with Crippen LogP contribution in [0.25, 0.3) is 12.2 Å². The summed E-state index contributed by atoms with van der Waals surface area (Å²) in [5, 5.41) is 0. The Labute approximate surface area is 130 Å². The van der Waals surface area contributed by atoms with Gasteiger partial charge >= 0.3 is 0 Å². The second-order valence-electron chi connectivity index (χ2n) is 4.94. The summed E-state index contributed by atoms with van der Waals surface area (Å²) >= 11 is 0. The molecule has 1 aromatic rings. The van der Waals surface area contributed by atoms with Gasteiger partial charge in [-0.2, -0.15) is 0 Å². The van der Waals surface area contributed by atoms with Crippen molar-refractivity contribution >= 4 is 30.5 Å². The van der Waals surface area contributed by atoms with Gasteiger partial charge in [0, 0.05) is 11.8 Å². The zero-order valence-electron chi connectivity index (χ0n) is 12.1. The van der Waals surface area contributed by atoms with Gasteiger partial charge < -0.3 is 0 Å².